The third-order valence-corrected chi connectivity index (χ3v) is 6.02. The summed E-state index contributed by atoms with van der Waals surface area (Å²) < 4.78 is 5.31. The number of hydrogen-bond acceptors (Lipinski definition) is 10. The molecule has 0 saturated carbocycles. The molecule has 36 heavy (non-hydrogen) atoms. The zero-order chi connectivity index (χ0) is 27.3. The van der Waals surface area contributed by atoms with Gasteiger partial charge >= 0.3 is 17.9 Å². The highest BCUT2D eigenvalue weighted by atomic mass is 16.5. The van der Waals surface area contributed by atoms with Gasteiger partial charge in [0.2, 0.25) is 0 Å². The Bertz CT molecular complexity index is 724. The number of carbonyl (C=O) groups is 5. The van der Waals surface area contributed by atoms with Gasteiger partial charge in [-0.15, -0.1) is 0 Å². The normalized spacial score (nSPS) is 19.0. The van der Waals surface area contributed by atoms with Crippen LogP contribution in [0.4, 0.5) is 0 Å². The summed E-state index contributed by atoms with van der Waals surface area (Å²) in [6, 6.07) is 0. The summed E-state index contributed by atoms with van der Waals surface area (Å²) >= 11 is 0. The zero-order valence-corrected chi connectivity index (χ0v) is 21.4. The van der Waals surface area contributed by atoms with Gasteiger partial charge < -0.3 is 20.1 Å². The quantitative estimate of drug-likeness (QED) is 0.280. The highest BCUT2D eigenvalue weighted by Crippen LogP contribution is 2.20. The van der Waals surface area contributed by atoms with Crippen molar-refractivity contribution in [3.8, 4) is 0 Å². The van der Waals surface area contributed by atoms with E-state index in [1.807, 2.05) is 25.7 Å². The average molecular weight is 517 g/mol. The van der Waals surface area contributed by atoms with Crippen LogP contribution < -0.4 is 0 Å². The fourth-order valence-electron chi connectivity index (χ4n) is 3.92. The van der Waals surface area contributed by atoms with Crippen LogP contribution in [0, 0.1) is 5.41 Å². The van der Waals surface area contributed by atoms with E-state index in [-0.39, 0.29) is 77.5 Å². The van der Waals surface area contributed by atoms with Crippen LogP contribution in [0.2, 0.25) is 0 Å². The predicted octanol–water partition coefficient (Wildman–Crippen LogP) is -0.644. The number of carbonyl (C=O) groups excluding carboxylic acids is 2. The minimum Gasteiger partial charge on any atom is -0.480 e. The van der Waals surface area contributed by atoms with E-state index in [0.717, 1.165) is 0 Å². The van der Waals surface area contributed by atoms with Crippen molar-refractivity contribution < 1.29 is 44.0 Å². The molecule has 0 amide bonds. The number of nitrogens with zero attached hydrogens (tertiary/aromatic N) is 4. The topological polar surface area (TPSA) is 168 Å². The zero-order valence-electron chi connectivity index (χ0n) is 21.4. The first-order valence-corrected chi connectivity index (χ1v) is 12.0. The fraction of sp³-hybridized carbons (Fsp3) is 0.783. The van der Waals surface area contributed by atoms with Crippen molar-refractivity contribution in [3.05, 3.63) is 0 Å². The van der Waals surface area contributed by atoms with E-state index in [9.17, 15) is 39.3 Å². The maximum absolute atomic E-state index is 12.5. The second-order valence-electron chi connectivity index (χ2n) is 9.94. The maximum Gasteiger partial charge on any atom is 0.317 e. The van der Waals surface area contributed by atoms with Crippen LogP contribution in [0.1, 0.15) is 33.6 Å². The number of Topliss-reactive ketones (excluding diaryl/α,β-unsaturated/α-hetero) is 1. The lowest BCUT2D eigenvalue weighted by molar-refractivity contribution is -0.147. The smallest absolute Gasteiger partial charge is 0.317 e. The number of aliphatic carboxylic acids is 3. The van der Waals surface area contributed by atoms with Gasteiger partial charge in [-0.05, 0) is 0 Å². The standard InChI is InChI=1S/C23H40N4O9/c1-23(2,3)18(29)4-5-19(36-17-28)27-12-10-25(15-21(32)33)8-6-24(14-20(30)31)7-9-26(11-13-27)16-22(34)35/h17,19H,4-16H2,1-3H3,(H,30,31)(H,32,33)(H,34,35). The molecule has 0 bridgehead atoms. The highest BCUT2D eigenvalue weighted by molar-refractivity contribution is 5.83. The molecule has 0 aromatic rings. The molecular weight excluding hydrogens is 476 g/mol. The summed E-state index contributed by atoms with van der Waals surface area (Å²) in [5, 5.41) is 27.9. The molecule has 1 unspecified atom stereocenters. The molecule has 1 atom stereocenters. The summed E-state index contributed by atoms with van der Waals surface area (Å²) in [5.41, 5.74) is -0.550. The number of carboxylic acids is 3. The second-order valence-corrected chi connectivity index (χ2v) is 9.94. The molecular formula is C23H40N4O9. The lowest BCUT2D eigenvalue weighted by Crippen LogP contribution is -2.50. The van der Waals surface area contributed by atoms with Crippen molar-refractivity contribution in [2.75, 3.05) is 72.0 Å². The Kier molecular flexibility index (Phi) is 13.5. The third-order valence-electron chi connectivity index (χ3n) is 6.02. The number of carboxylic acid groups (broad SMARTS) is 3. The summed E-state index contributed by atoms with van der Waals surface area (Å²) in [5.74, 6) is -3.07. The van der Waals surface area contributed by atoms with Crippen molar-refractivity contribution in [3.63, 3.8) is 0 Å². The molecule has 1 heterocycles. The van der Waals surface area contributed by atoms with Crippen molar-refractivity contribution in [2.24, 2.45) is 5.41 Å². The molecule has 1 aliphatic rings. The molecule has 206 valence electrons. The van der Waals surface area contributed by atoms with Gasteiger partial charge in [0.05, 0.1) is 19.6 Å². The first-order valence-electron chi connectivity index (χ1n) is 12.0. The van der Waals surface area contributed by atoms with Crippen molar-refractivity contribution in [2.45, 2.75) is 39.8 Å². The van der Waals surface area contributed by atoms with Gasteiger partial charge in [-0.3, -0.25) is 43.6 Å². The lowest BCUT2D eigenvalue weighted by Gasteiger charge is -2.36. The first-order chi connectivity index (χ1) is 16.8. The molecule has 1 aliphatic heterocycles. The molecule has 0 aromatic carbocycles. The Labute approximate surface area is 211 Å². The van der Waals surface area contributed by atoms with Crippen LogP contribution in [-0.2, 0) is 28.7 Å². The minimum atomic E-state index is -1.03. The van der Waals surface area contributed by atoms with E-state index in [1.165, 1.54) is 0 Å². The van der Waals surface area contributed by atoms with Crippen molar-refractivity contribution >= 4 is 30.2 Å². The molecule has 0 aromatic heterocycles. The first kappa shape index (κ1) is 31.4. The molecule has 1 rings (SSSR count). The van der Waals surface area contributed by atoms with E-state index in [1.54, 1.807) is 14.7 Å². The monoisotopic (exact) mass is 516 g/mol. The Morgan fingerprint density at radius 2 is 1.11 bits per heavy atom. The van der Waals surface area contributed by atoms with E-state index in [0.29, 0.717) is 19.6 Å². The van der Waals surface area contributed by atoms with Crippen LogP contribution in [0.25, 0.3) is 0 Å². The Morgan fingerprint density at radius 1 is 0.750 bits per heavy atom. The van der Waals surface area contributed by atoms with Gasteiger partial charge in [-0.1, -0.05) is 20.8 Å². The largest absolute Gasteiger partial charge is 0.480 e. The summed E-state index contributed by atoms with van der Waals surface area (Å²) in [6.45, 7) is 7.32. The predicted molar refractivity (Wildman–Crippen MR) is 128 cm³/mol. The number of ketones is 1. The highest BCUT2D eigenvalue weighted by Gasteiger charge is 2.27. The van der Waals surface area contributed by atoms with Crippen LogP contribution in [-0.4, -0.2) is 143 Å². The SMILES string of the molecule is CC(C)(C)C(=O)CCC(OC=O)N1CCN(CC(=O)O)CCN(CC(=O)O)CCN(CC(=O)O)CC1. The van der Waals surface area contributed by atoms with E-state index in [2.05, 4.69) is 0 Å². The number of ether oxygens (including phenoxy) is 1. The van der Waals surface area contributed by atoms with Crippen LogP contribution in [0.5, 0.6) is 0 Å². The van der Waals surface area contributed by atoms with Crippen LogP contribution >= 0.6 is 0 Å². The molecule has 3 N–H and O–H groups in total. The van der Waals surface area contributed by atoms with Gasteiger partial charge in [0, 0.05) is 70.6 Å². The molecule has 0 aliphatic carbocycles. The number of rotatable bonds is 12. The van der Waals surface area contributed by atoms with Gasteiger partial charge in [0.1, 0.15) is 5.78 Å². The Balaban J connectivity index is 3.12. The minimum absolute atomic E-state index is 0.00915. The Hall–Kier alpha value is -2.61. The summed E-state index contributed by atoms with van der Waals surface area (Å²) in [7, 11) is 0. The molecule has 13 nitrogen and oxygen atoms in total. The molecule has 0 spiro atoms. The van der Waals surface area contributed by atoms with Crippen molar-refractivity contribution in [1.82, 2.24) is 19.6 Å². The molecule has 1 fully saturated rings. The molecule has 1 saturated heterocycles. The van der Waals surface area contributed by atoms with Gasteiger partial charge in [-0.2, -0.15) is 0 Å². The second kappa shape index (κ2) is 15.5. The van der Waals surface area contributed by atoms with E-state index in [4.69, 9.17) is 4.74 Å². The lowest BCUT2D eigenvalue weighted by atomic mass is 9.88. The average Bonchev–Trinajstić information content (AvgIpc) is 2.75. The summed E-state index contributed by atoms with van der Waals surface area (Å²) in [6.07, 6.45) is -0.307. The van der Waals surface area contributed by atoms with Gasteiger partial charge in [0.15, 0.2) is 6.23 Å². The number of hydrogen-bond donors (Lipinski definition) is 3. The molecule has 13 heteroatoms. The molecule has 0 radical (unpaired) electrons. The Morgan fingerprint density at radius 3 is 1.42 bits per heavy atom. The van der Waals surface area contributed by atoms with Gasteiger partial charge in [0.25, 0.3) is 6.47 Å². The van der Waals surface area contributed by atoms with E-state index < -0.39 is 29.6 Å². The van der Waals surface area contributed by atoms with Gasteiger partial charge in [-0.25, -0.2) is 0 Å². The maximum atomic E-state index is 12.5. The fourth-order valence-corrected chi connectivity index (χ4v) is 3.92. The summed E-state index contributed by atoms with van der Waals surface area (Å²) in [4.78, 5) is 64.6. The van der Waals surface area contributed by atoms with Crippen molar-refractivity contribution in [1.29, 1.82) is 0 Å². The van der Waals surface area contributed by atoms with Crippen LogP contribution in [0.15, 0.2) is 0 Å². The van der Waals surface area contributed by atoms with E-state index >= 15 is 0 Å². The van der Waals surface area contributed by atoms with Crippen LogP contribution in [0.3, 0.4) is 0 Å². The third kappa shape index (κ3) is 12.9.